The van der Waals surface area contributed by atoms with E-state index in [9.17, 15) is 9.59 Å². The van der Waals surface area contributed by atoms with Gasteiger partial charge >= 0.3 is 12.0 Å². The summed E-state index contributed by atoms with van der Waals surface area (Å²) in [6, 6.07) is 26.3. The maximum atomic E-state index is 12.4. The van der Waals surface area contributed by atoms with E-state index in [0.29, 0.717) is 12.1 Å². The van der Waals surface area contributed by atoms with Crippen LogP contribution < -0.4 is 10.6 Å². The Bertz CT molecular complexity index is 968. The monoisotopic (exact) mass is 386 g/mol. The molecule has 3 rings (SSSR count). The molecule has 0 aliphatic rings. The van der Waals surface area contributed by atoms with Crippen molar-refractivity contribution < 1.29 is 14.7 Å². The summed E-state index contributed by atoms with van der Waals surface area (Å²) in [6.45, 7) is 0. The SMILES string of the molecule is O=C(O)C=C[C@H](Cc1ccccc1)NC(=O)Nc1ccc(-c2ccccc2)cc1. The predicted molar refractivity (Wildman–Crippen MR) is 115 cm³/mol. The lowest BCUT2D eigenvalue weighted by atomic mass is 10.1. The molecule has 0 aromatic heterocycles. The molecular weight excluding hydrogens is 364 g/mol. The summed E-state index contributed by atoms with van der Waals surface area (Å²) in [6.07, 6.45) is 3.01. The second-order valence-corrected chi connectivity index (χ2v) is 6.54. The molecular formula is C24H22N2O3. The van der Waals surface area contributed by atoms with Gasteiger partial charge < -0.3 is 15.7 Å². The lowest BCUT2D eigenvalue weighted by Gasteiger charge is -2.16. The second-order valence-electron chi connectivity index (χ2n) is 6.54. The summed E-state index contributed by atoms with van der Waals surface area (Å²) < 4.78 is 0. The van der Waals surface area contributed by atoms with Crippen molar-refractivity contribution in [2.24, 2.45) is 0 Å². The van der Waals surface area contributed by atoms with Gasteiger partial charge in [-0.05, 0) is 35.2 Å². The molecule has 3 N–H and O–H groups in total. The highest BCUT2D eigenvalue weighted by Gasteiger charge is 2.11. The van der Waals surface area contributed by atoms with Crippen LogP contribution >= 0.6 is 0 Å². The minimum Gasteiger partial charge on any atom is -0.478 e. The Kier molecular flexibility index (Phi) is 6.79. The van der Waals surface area contributed by atoms with E-state index in [1.54, 1.807) is 0 Å². The third-order valence-corrected chi connectivity index (χ3v) is 4.34. The number of carboxylic acid groups (broad SMARTS) is 1. The van der Waals surface area contributed by atoms with E-state index in [4.69, 9.17) is 5.11 Å². The summed E-state index contributed by atoms with van der Waals surface area (Å²) in [7, 11) is 0. The number of carbonyl (C=O) groups is 2. The topological polar surface area (TPSA) is 78.4 Å². The Balaban J connectivity index is 1.63. The van der Waals surface area contributed by atoms with E-state index in [-0.39, 0.29) is 0 Å². The highest BCUT2D eigenvalue weighted by molar-refractivity contribution is 5.90. The first-order valence-electron chi connectivity index (χ1n) is 9.28. The molecule has 0 saturated carbocycles. The third kappa shape index (κ3) is 6.36. The van der Waals surface area contributed by atoms with Crippen molar-refractivity contribution >= 4 is 17.7 Å². The number of urea groups is 1. The maximum Gasteiger partial charge on any atom is 0.328 e. The average molecular weight is 386 g/mol. The van der Waals surface area contributed by atoms with Crippen LogP contribution in [0.4, 0.5) is 10.5 Å². The smallest absolute Gasteiger partial charge is 0.328 e. The van der Waals surface area contributed by atoms with Gasteiger partial charge in [-0.25, -0.2) is 9.59 Å². The fourth-order valence-corrected chi connectivity index (χ4v) is 2.95. The molecule has 0 saturated heterocycles. The zero-order valence-electron chi connectivity index (χ0n) is 15.8. The minimum atomic E-state index is -1.05. The van der Waals surface area contributed by atoms with Crippen LogP contribution in [-0.4, -0.2) is 23.1 Å². The number of anilines is 1. The van der Waals surface area contributed by atoms with Crippen LogP contribution in [0.1, 0.15) is 5.56 Å². The summed E-state index contributed by atoms with van der Waals surface area (Å²) >= 11 is 0. The van der Waals surface area contributed by atoms with Gasteiger partial charge in [0.2, 0.25) is 0 Å². The zero-order valence-corrected chi connectivity index (χ0v) is 15.8. The molecule has 0 aliphatic carbocycles. The molecule has 5 nitrogen and oxygen atoms in total. The van der Waals surface area contributed by atoms with Crippen LogP contribution in [0.25, 0.3) is 11.1 Å². The number of carbonyl (C=O) groups excluding carboxylic acids is 1. The standard InChI is InChI=1S/C24H22N2O3/c27-23(28)16-15-22(17-18-7-3-1-4-8-18)26-24(29)25-21-13-11-20(12-14-21)19-9-5-2-6-10-19/h1-16,22H,17H2,(H,27,28)(H2,25,26,29)/t22-/m1/s1. The van der Waals surface area contributed by atoms with Crippen molar-refractivity contribution in [1.29, 1.82) is 0 Å². The average Bonchev–Trinajstić information content (AvgIpc) is 2.74. The van der Waals surface area contributed by atoms with Crippen molar-refractivity contribution in [2.75, 3.05) is 5.32 Å². The van der Waals surface area contributed by atoms with E-state index in [1.165, 1.54) is 6.08 Å². The molecule has 1 atom stereocenters. The van der Waals surface area contributed by atoms with Gasteiger partial charge in [0.15, 0.2) is 0 Å². The number of aliphatic carboxylic acids is 1. The van der Waals surface area contributed by atoms with E-state index in [2.05, 4.69) is 10.6 Å². The number of hydrogen-bond donors (Lipinski definition) is 3. The van der Waals surface area contributed by atoms with Crippen molar-refractivity contribution in [2.45, 2.75) is 12.5 Å². The maximum absolute atomic E-state index is 12.4. The lowest BCUT2D eigenvalue weighted by molar-refractivity contribution is -0.131. The van der Waals surface area contributed by atoms with Crippen LogP contribution in [0.15, 0.2) is 97.1 Å². The van der Waals surface area contributed by atoms with Crippen LogP contribution in [0, 0.1) is 0 Å². The molecule has 0 spiro atoms. The van der Waals surface area contributed by atoms with Crippen molar-refractivity contribution in [1.82, 2.24) is 5.32 Å². The number of nitrogens with one attached hydrogen (secondary N) is 2. The van der Waals surface area contributed by atoms with E-state index >= 15 is 0 Å². The lowest BCUT2D eigenvalue weighted by Crippen LogP contribution is -2.38. The zero-order chi connectivity index (χ0) is 20.5. The van der Waals surface area contributed by atoms with Crippen molar-refractivity contribution in [3.63, 3.8) is 0 Å². The summed E-state index contributed by atoms with van der Waals surface area (Å²) in [5.74, 6) is -1.05. The largest absolute Gasteiger partial charge is 0.478 e. The van der Waals surface area contributed by atoms with E-state index in [0.717, 1.165) is 22.8 Å². The molecule has 0 radical (unpaired) electrons. The molecule has 2 amide bonds. The van der Waals surface area contributed by atoms with E-state index < -0.39 is 18.0 Å². The fourth-order valence-electron chi connectivity index (χ4n) is 2.95. The molecule has 0 aliphatic heterocycles. The number of amides is 2. The number of benzene rings is 3. The van der Waals surface area contributed by atoms with Crippen LogP contribution in [0.2, 0.25) is 0 Å². The Labute approximate surface area is 169 Å². The van der Waals surface area contributed by atoms with Gasteiger partial charge in [-0.3, -0.25) is 0 Å². The molecule has 29 heavy (non-hydrogen) atoms. The normalized spacial score (nSPS) is 11.7. The molecule has 3 aromatic carbocycles. The number of carboxylic acids is 1. The molecule has 0 heterocycles. The summed E-state index contributed by atoms with van der Waals surface area (Å²) in [4.78, 5) is 23.3. The fraction of sp³-hybridized carbons (Fsp3) is 0.0833. The molecule has 3 aromatic rings. The number of hydrogen-bond acceptors (Lipinski definition) is 2. The predicted octanol–water partition coefficient (Wildman–Crippen LogP) is 4.73. The van der Waals surface area contributed by atoms with Gasteiger partial charge in [0.05, 0.1) is 6.04 Å². The quantitative estimate of drug-likeness (QED) is 0.514. The molecule has 0 bridgehead atoms. The van der Waals surface area contributed by atoms with Crippen molar-refractivity contribution in [3.05, 3.63) is 103 Å². The van der Waals surface area contributed by atoms with E-state index in [1.807, 2.05) is 84.9 Å². The van der Waals surface area contributed by atoms with Gasteiger partial charge in [-0.1, -0.05) is 78.9 Å². The Morgan fingerprint density at radius 3 is 2.03 bits per heavy atom. The Hall–Kier alpha value is -3.86. The van der Waals surface area contributed by atoms with Crippen molar-refractivity contribution in [3.8, 4) is 11.1 Å². The minimum absolute atomic E-state index is 0.395. The van der Waals surface area contributed by atoms with Crippen LogP contribution in [-0.2, 0) is 11.2 Å². The first kappa shape index (κ1) is 19.9. The molecule has 0 unspecified atom stereocenters. The van der Waals surface area contributed by atoms with Crippen LogP contribution in [0.3, 0.4) is 0 Å². The first-order valence-corrected chi connectivity index (χ1v) is 9.28. The summed E-state index contributed by atoms with van der Waals surface area (Å²) in [5.41, 5.74) is 3.82. The highest BCUT2D eigenvalue weighted by atomic mass is 16.4. The van der Waals surface area contributed by atoms with Gasteiger partial charge in [-0.15, -0.1) is 0 Å². The second kappa shape index (κ2) is 9.90. The number of rotatable bonds is 7. The molecule has 0 fully saturated rings. The van der Waals surface area contributed by atoms with Crippen LogP contribution in [0.5, 0.6) is 0 Å². The van der Waals surface area contributed by atoms with Gasteiger partial charge in [0.25, 0.3) is 0 Å². The van der Waals surface area contributed by atoms with Gasteiger partial charge in [-0.2, -0.15) is 0 Å². The Morgan fingerprint density at radius 2 is 1.41 bits per heavy atom. The first-order chi connectivity index (χ1) is 14.1. The Morgan fingerprint density at radius 1 is 0.828 bits per heavy atom. The van der Waals surface area contributed by atoms with Gasteiger partial charge in [0.1, 0.15) is 0 Å². The molecule has 5 heteroatoms. The molecule has 146 valence electrons. The summed E-state index contributed by atoms with van der Waals surface area (Å²) in [5, 5.41) is 14.5. The van der Waals surface area contributed by atoms with Gasteiger partial charge in [0, 0.05) is 11.8 Å². The highest BCUT2D eigenvalue weighted by Crippen LogP contribution is 2.21. The third-order valence-electron chi connectivity index (χ3n) is 4.34.